The standard InChI is InChI=1S/C14H17N5/c1-19(10-13-17-6-3-7-18-13)9-11-4-2-5-12(8-11)14(15)16/h2-8H,9-10H2,1H3,(H3,15,16). The van der Waals surface area contributed by atoms with E-state index in [0.717, 1.165) is 23.5 Å². The van der Waals surface area contributed by atoms with Gasteiger partial charge in [0, 0.05) is 24.5 Å². The number of nitrogens with one attached hydrogen (secondary N) is 1. The van der Waals surface area contributed by atoms with Gasteiger partial charge in [0.05, 0.1) is 6.54 Å². The molecule has 98 valence electrons. The van der Waals surface area contributed by atoms with E-state index >= 15 is 0 Å². The lowest BCUT2D eigenvalue weighted by Crippen LogP contribution is -2.19. The SMILES string of the molecule is CN(Cc1cccc(C(=N)N)c1)Cc1ncccn1. The topological polar surface area (TPSA) is 78.9 Å². The Labute approximate surface area is 112 Å². The molecule has 0 atom stereocenters. The maximum Gasteiger partial charge on any atom is 0.142 e. The molecule has 0 fully saturated rings. The summed E-state index contributed by atoms with van der Waals surface area (Å²) >= 11 is 0. The normalized spacial score (nSPS) is 10.6. The molecular weight excluding hydrogens is 238 g/mol. The summed E-state index contributed by atoms with van der Waals surface area (Å²) in [6, 6.07) is 9.52. The maximum atomic E-state index is 7.44. The van der Waals surface area contributed by atoms with Crippen LogP contribution < -0.4 is 5.73 Å². The van der Waals surface area contributed by atoms with Crippen LogP contribution in [0.25, 0.3) is 0 Å². The fraction of sp³-hybridized carbons (Fsp3) is 0.214. The lowest BCUT2D eigenvalue weighted by atomic mass is 10.1. The molecule has 0 bridgehead atoms. The van der Waals surface area contributed by atoms with Crippen LogP contribution in [0.5, 0.6) is 0 Å². The molecule has 1 aromatic heterocycles. The van der Waals surface area contributed by atoms with Gasteiger partial charge in [-0.15, -0.1) is 0 Å². The van der Waals surface area contributed by atoms with Crippen molar-refractivity contribution in [1.29, 1.82) is 5.41 Å². The van der Waals surface area contributed by atoms with Crippen LogP contribution >= 0.6 is 0 Å². The molecule has 0 saturated carbocycles. The van der Waals surface area contributed by atoms with Crippen molar-refractivity contribution in [2.24, 2.45) is 5.73 Å². The van der Waals surface area contributed by atoms with Crippen molar-refractivity contribution in [3.05, 3.63) is 59.7 Å². The van der Waals surface area contributed by atoms with Crippen molar-refractivity contribution in [3.8, 4) is 0 Å². The predicted octanol–water partition coefficient (Wildman–Crippen LogP) is 1.39. The number of benzene rings is 1. The Bertz CT molecular complexity index is 553. The van der Waals surface area contributed by atoms with E-state index in [4.69, 9.17) is 11.1 Å². The first-order chi connectivity index (χ1) is 9.15. The minimum Gasteiger partial charge on any atom is -0.384 e. The Hall–Kier alpha value is -2.27. The molecule has 0 aliphatic carbocycles. The molecule has 5 nitrogen and oxygen atoms in total. The molecule has 0 spiro atoms. The summed E-state index contributed by atoms with van der Waals surface area (Å²) < 4.78 is 0. The second-order valence-electron chi connectivity index (χ2n) is 4.45. The third kappa shape index (κ3) is 3.86. The van der Waals surface area contributed by atoms with Gasteiger partial charge in [0.1, 0.15) is 11.7 Å². The monoisotopic (exact) mass is 255 g/mol. The second kappa shape index (κ2) is 6.06. The molecule has 0 radical (unpaired) electrons. The van der Waals surface area contributed by atoms with Gasteiger partial charge in [0.25, 0.3) is 0 Å². The molecular formula is C14H17N5. The van der Waals surface area contributed by atoms with E-state index in [2.05, 4.69) is 14.9 Å². The first-order valence-corrected chi connectivity index (χ1v) is 6.03. The highest BCUT2D eigenvalue weighted by atomic mass is 15.1. The summed E-state index contributed by atoms with van der Waals surface area (Å²) in [6.45, 7) is 1.45. The van der Waals surface area contributed by atoms with Crippen molar-refractivity contribution >= 4 is 5.84 Å². The third-order valence-corrected chi connectivity index (χ3v) is 2.72. The van der Waals surface area contributed by atoms with Crippen LogP contribution in [-0.2, 0) is 13.1 Å². The Balaban J connectivity index is 2.01. The van der Waals surface area contributed by atoms with Crippen molar-refractivity contribution in [2.75, 3.05) is 7.05 Å². The number of amidine groups is 1. The van der Waals surface area contributed by atoms with E-state index in [1.807, 2.05) is 31.3 Å². The average Bonchev–Trinajstić information content (AvgIpc) is 2.40. The van der Waals surface area contributed by atoms with Gasteiger partial charge < -0.3 is 5.73 Å². The van der Waals surface area contributed by atoms with Crippen molar-refractivity contribution in [3.63, 3.8) is 0 Å². The van der Waals surface area contributed by atoms with Gasteiger partial charge in [-0.1, -0.05) is 18.2 Å². The van der Waals surface area contributed by atoms with Gasteiger partial charge in [-0.3, -0.25) is 10.3 Å². The molecule has 0 aliphatic rings. The molecule has 1 aromatic carbocycles. The summed E-state index contributed by atoms with van der Waals surface area (Å²) in [5, 5.41) is 7.44. The quantitative estimate of drug-likeness (QED) is 0.625. The van der Waals surface area contributed by atoms with Crippen molar-refractivity contribution < 1.29 is 0 Å². The lowest BCUT2D eigenvalue weighted by molar-refractivity contribution is 0.310. The van der Waals surface area contributed by atoms with Crippen LogP contribution in [0.4, 0.5) is 0 Å². The second-order valence-corrected chi connectivity index (χ2v) is 4.45. The Morgan fingerprint density at radius 2 is 1.95 bits per heavy atom. The summed E-state index contributed by atoms with van der Waals surface area (Å²) in [7, 11) is 2.01. The number of nitrogen functional groups attached to an aromatic ring is 1. The van der Waals surface area contributed by atoms with Crippen molar-refractivity contribution in [1.82, 2.24) is 14.9 Å². The first kappa shape index (κ1) is 13.2. The third-order valence-electron chi connectivity index (χ3n) is 2.72. The average molecular weight is 255 g/mol. The number of aromatic nitrogens is 2. The molecule has 1 heterocycles. The van der Waals surface area contributed by atoms with Crippen LogP contribution in [0, 0.1) is 5.41 Å². The van der Waals surface area contributed by atoms with Gasteiger partial charge in [0.15, 0.2) is 0 Å². The zero-order valence-electron chi connectivity index (χ0n) is 10.9. The maximum absolute atomic E-state index is 7.44. The fourth-order valence-electron chi connectivity index (χ4n) is 1.86. The van der Waals surface area contributed by atoms with Gasteiger partial charge >= 0.3 is 0 Å². The van der Waals surface area contributed by atoms with Gasteiger partial charge in [-0.2, -0.15) is 0 Å². The smallest absolute Gasteiger partial charge is 0.142 e. The zero-order chi connectivity index (χ0) is 13.7. The highest BCUT2D eigenvalue weighted by molar-refractivity contribution is 5.95. The van der Waals surface area contributed by atoms with E-state index in [1.54, 1.807) is 18.5 Å². The largest absolute Gasteiger partial charge is 0.384 e. The summed E-state index contributed by atoms with van der Waals surface area (Å²) in [6.07, 6.45) is 3.49. The Morgan fingerprint density at radius 3 is 2.63 bits per heavy atom. The molecule has 3 N–H and O–H groups in total. The van der Waals surface area contributed by atoms with Crippen LogP contribution in [0.1, 0.15) is 17.0 Å². The van der Waals surface area contributed by atoms with Crippen molar-refractivity contribution in [2.45, 2.75) is 13.1 Å². The number of hydrogen-bond acceptors (Lipinski definition) is 4. The molecule has 0 amide bonds. The predicted molar refractivity (Wildman–Crippen MR) is 74.7 cm³/mol. The molecule has 0 saturated heterocycles. The highest BCUT2D eigenvalue weighted by Crippen LogP contribution is 2.08. The van der Waals surface area contributed by atoms with E-state index in [1.165, 1.54) is 0 Å². The molecule has 19 heavy (non-hydrogen) atoms. The summed E-state index contributed by atoms with van der Waals surface area (Å²) in [4.78, 5) is 10.5. The molecule has 2 rings (SSSR count). The lowest BCUT2D eigenvalue weighted by Gasteiger charge is -2.16. The number of rotatable bonds is 5. The van der Waals surface area contributed by atoms with Crippen LogP contribution in [0.2, 0.25) is 0 Å². The highest BCUT2D eigenvalue weighted by Gasteiger charge is 2.05. The first-order valence-electron chi connectivity index (χ1n) is 6.03. The minimum absolute atomic E-state index is 0.0934. The Morgan fingerprint density at radius 1 is 1.21 bits per heavy atom. The van der Waals surface area contributed by atoms with E-state index in [0.29, 0.717) is 6.54 Å². The molecule has 2 aromatic rings. The molecule has 0 unspecified atom stereocenters. The molecule has 5 heteroatoms. The van der Waals surface area contributed by atoms with E-state index in [-0.39, 0.29) is 5.84 Å². The molecule has 0 aliphatic heterocycles. The van der Waals surface area contributed by atoms with Crippen LogP contribution in [0.3, 0.4) is 0 Å². The van der Waals surface area contributed by atoms with Gasteiger partial charge in [-0.05, 0) is 24.7 Å². The number of nitrogens with two attached hydrogens (primary N) is 1. The number of hydrogen-bond donors (Lipinski definition) is 2. The number of nitrogens with zero attached hydrogens (tertiary/aromatic N) is 3. The van der Waals surface area contributed by atoms with E-state index < -0.39 is 0 Å². The summed E-state index contributed by atoms with van der Waals surface area (Å²) in [5.41, 5.74) is 7.36. The fourth-order valence-corrected chi connectivity index (χ4v) is 1.86. The van der Waals surface area contributed by atoms with Gasteiger partial charge in [0.2, 0.25) is 0 Å². The zero-order valence-corrected chi connectivity index (χ0v) is 10.9. The summed E-state index contributed by atoms with van der Waals surface area (Å²) in [5.74, 6) is 0.892. The minimum atomic E-state index is 0.0934. The Kier molecular flexibility index (Phi) is 4.20. The van der Waals surface area contributed by atoms with Crippen LogP contribution in [-0.4, -0.2) is 27.8 Å². The van der Waals surface area contributed by atoms with E-state index in [9.17, 15) is 0 Å². The van der Waals surface area contributed by atoms with Gasteiger partial charge in [-0.25, -0.2) is 9.97 Å². The van der Waals surface area contributed by atoms with Crippen LogP contribution in [0.15, 0.2) is 42.7 Å².